The van der Waals surface area contributed by atoms with E-state index in [0.29, 0.717) is 19.6 Å². The van der Waals surface area contributed by atoms with Crippen LogP contribution in [0, 0.1) is 6.92 Å². The number of nitrogens with zero attached hydrogens (tertiary/aromatic N) is 2. The molecule has 4 rings (SSSR count). The van der Waals surface area contributed by atoms with Gasteiger partial charge in [-0.25, -0.2) is 0 Å². The zero-order valence-electron chi connectivity index (χ0n) is 17.0. The highest BCUT2D eigenvalue weighted by atomic mass is 16.5. The molecule has 0 aliphatic carbocycles. The van der Waals surface area contributed by atoms with E-state index in [1.165, 1.54) is 5.69 Å². The molecule has 2 aromatic rings. The molecule has 154 valence electrons. The Morgan fingerprint density at radius 2 is 1.59 bits per heavy atom. The first-order valence-corrected chi connectivity index (χ1v) is 10.3. The molecule has 1 N–H and O–H groups in total. The molecule has 0 spiro atoms. The molecule has 0 bridgehead atoms. The predicted octanol–water partition coefficient (Wildman–Crippen LogP) is 2.85. The first-order valence-electron chi connectivity index (χ1n) is 10.3. The van der Waals surface area contributed by atoms with Gasteiger partial charge in [-0.05, 0) is 36.2 Å². The number of hydrogen-bond donors (Lipinski definition) is 1. The number of rotatable bonds is 5. The highest BCUT2D eigenvalue weighted by Gasteiger charge is 2.19. The van der Waals surface area contributed by atoms with Crippen LogP contribution in [0.3, 0.4) is 0 Å². The first kappa shape index (κ1) is 19.7. The van der Waals surface area contributed by atoms with E-state index in [-0.39, 0.29) is 5.91 Å². The molecule has 6 heteroatoms. The molecule has 0 aromatic heterocycles. The molecule has 0 radical (unpaired) electrons. The summed E-state index contributed by atoms with van der Waals surface area (Å²) in [6.45, 7) is 8.39. The van der Waals surface area contributed by atoms with Gasteiger partial charge in [0, 0.05) is 31.9 Å². The van der Waals surface area contributed by atoms with Gasteiger partial charge in [0.2, 0.25) is 5.91 Å². The molecule has 1 amide bonds. The summed E-state index contributed by atoms with van der Waals surface area (Å²) in [7, 11) is 0. The van der Waals surface area contributed by atoms with Gasteiger partial charge >= 0.3 is 0 Å². The number of benzene rings is 2. The summed E-state index contributed by atoms with van der Waals surface area (Å²) in [6, 6.07) is 14.4. The molecular weight excluding hydrogens is 366 g/mol. The highest BCUT2D eigenvalue weighted by molar-refractivity contribution is 5.96. The topological polar surface area (TPSA) is 54.0 Å². The maximum absolute atomic E-state index is 12.8. The predicted molar refractivity (Wildman–Crippen MR) is 116 cm³/mol. The Hall–Kier alpha value is -2.57. The van der Waals surface area contributed by atoms with Crippen LogP contribution in [0.2, 0.25) is 0 Å². The van der Waals surface area contributed by atoms with Crippen molar-refractivity contribution in [1.29, 1.82) is 0 Å². The zero-order chi connectivity index (χ0) is 20.1. The fourth-order valence-corrected chi connectivity index (χ4v) is 3.89. The van der Waals surface area contributed by atoms with Gasteiger partial charge < -0.3 is 24.6 Å². The van der Waals surface area contributed by atoms with Gasteiger partial charge in [-0.3, -0.25) is 4.79 Å². The van der Waals surface area contributed by atoms with Crippen molar-refractivity contribution in [2.24, 2.45) is 0 Å². The lowest BCUT2D eigenvalue weighted by atomic mass is 10.1. The van der Waals surface area contributed by atoms with E-state index >= 15 is 0 Å². The third-order valence-electron chi connectivity index (χ3n) is 5.60. The number of nitrogens with one attached hydrogen (secondary N) is 1. The number of aryl methyl sites for hydroxylation is 1. The summed E-state index contributed by atoms with van der Waals surface area (Å²) in [5, 5.41) is 3.15. The molecule has 2 aromatic carbocycles. The van der Waals surface area contributed by atoms with Crippen LogP contribution in [-0.2, 0) is 20.7 Å². The molecule has 2 fully saturated rings. The van der Waals surface area contributed by atoms with E-state index in [2.05, 4.69) is 27.2 Å². The van der Waals surface area contributed by atoms with E-state index in [1.54, 1.807) is 0 Å². The number of anilines is 3. The van der Waals surface area contributed by atoms with Gasteiger partial charge in [0.05, 0.1) is 44.2 Å². The third kappa shape index (κ3) is 4.89. The van der Waals surface area contributed by atoms with E-state index < -0.39 is 0 Å². The van der Waals surface area contributed by atoms with Crippen molar-refractivity contribution in [2.45, 2.75) is 13.3 Å². The number of carbonyl (C=O) groups is 1. The molecule has 2 saturated heterocycles. The van der Waals surface area contributed by atoms with Gasteiger partial charge in [0.25, 0.3) is 0 Å². The largest absolute Gasteiger partial charge is 0.378 e. The fraction of sp³-hybridized carbons (Fsp3) is 0.435. The van der Waals surface area contributed by atoms with Crippen LogP contribution in [0.25, 0.3) is 0 Å². The average molecular weight is 396 g/mol. The van der Waals surface area contributed by atoms with Crippen LogP contribution in [0.1, 0.15) is 11.1 Å². The number of carbonyl (C=O) groups excluding carboxylic acids is 1. The van der Waals surface area contributed by atoms with Crippen molar-refractivity contribution in [3.05, 3.63) is 53.6 Å². The van der Waals surface area contributed by atoms with Crippen molar-refractivity contribution < 1.29 is 14.3 Å². The van der Waals surface area contributed by atoms with Gasteiger partial charge in [0.1, 0.15) is 0 Å². The van der Waals surface area contributed by atoms with Crippen molar-refractivity contribution >= 4 is 23.0 Å². The first-order chi connectivity index (χ1) is 14.2. The summed E-state index contributed by atoms with van der Waals surface area (Å²) in [5.74, 6) is 0.00734. The van der Waals surface area contributed by atoms with Crippen molar-refractivity contribution in [2.75, 3.05) is 67.7 Å². The minimum Gasteiger partial charge on any atom is -0.378 e. The Morgan fingerprint density at radius 1 is 0.931 bits per heavy atom. The molecule has 2 aliphatic rings. The van der Waals surface area contributed by atoms with Crippen LogP contribution in [0.15, 0.2) is 42.5 Å². The van der Waals surface area contributed by atoms with Gasteiger partial charge in [-0.1, -0.05) is 24.3 Å². The second-order valence-electron chi connectivity index (χ2n) is 7.55. The Kier molecular flexibility index (Phi) is 6.32. The molecule has 0 unspecified atom stereocenters. The number of hydrogen-bond acceptors (Lipinski definition) is 5. The third-order valence-corrected chi connectivity index (χ3v) is 5.60. The maximum atomic E-state index is 12.8. The van der Waals surface area contributed by atoms with Gasteiger partial charge in [-0.2, -0.15) is 0 Å². The second kappa shape index (κ2) is 9.29. The Balaban J connectivity index is 1.55. The van der Waals surface area contributed by atoms with Crippen LogP contribution in [-0.4, -0.2) is 58.5 Å². The molecule has 2 heterocycles. The highest BCUT2D eigenvalue weighted by Crippen LogP contribution is 2.32. The van der Waals surface area contributed by atoms with Crippen molar-refractivity contribution in [1.82, 2.24) is 0 Å². The molecule has 6 nitrogen and oxygen atoms in total. The Morgan fingerprint density at radius 3 is 2.28 bits per heavy atom. The summed E-state index contributed by atoms with van der Waals surface area (Å²) in [4.78, 5) is 17.4. The molecule has 29 heavy (non-hydrogen) atoms. The lowest BCUT2D eigenvalue weighted by Crippen LogP contribution is -2.38. The number of amides is 1. The Labute approximate surface area is 172 Å². The smallest absolute Gasteiger partial charge is 0.228 e. The molecular formula is C23H29N3O3. The van der Waals surface area contributed by atoms with Gasteiger partial charge in [-0.15, -0.1) is 0 Å². The average Bonchev–Trinajstić information content (AvgIpc) is 2.77. The van der Waals surface area contributed by atoms with E-state index in [1.807, 2.05) is 37.3 Å². The van der Waals surface area contributed by atoms with Crippen LogP contribution in [0.4, 0.5) is 17.1 Å². The van der Waals surface area contributed by atoms with Crippen LogP contribution < -0.4 is 15.1 Å². The fourth-order valence-electron chi connectivity index (χ4n) is 3.89. The second-order valence-corrected chi connectivity index (χ2v) is 7.55. The van der Waals surface area contributed by atoms with Crippen molar-refractivity contribution in [3.8, 4) is 0 Å². The van der Waals surface area contributed by atoms with Crippen molar-refractivity contribution in [3.63, 3.8) is 0 Å². The van der Waals surface area contributed by atoms with Crippen LogP contribution >= 0.6 is 0 Å². The summed E-state index contributed by atoms with van der Waals surface area (Å²) in [6.07, 6.45) is 0.375. The number of ether oxygens (including phenoxy) is 2. The molecule has 0 saturated carbocycles. The quantitative estimate of drug-likeness (QED) is 0.844. The lowest BCUT2D eigenvalue weighted by Gasteiger charge is -2.33. The molecule has 2 aliphatic heterocycles. The summed E-state index contributed by atoms with van der Waals surface area (Å²) >= 11 is 0. The summed E-state index contributed by atoms with van der Waals surface area (Å²) in [5.41, 5.74) is 5.30. The van der Waals surface area contributed by atoms with E-state index in [0.717, 1.165) is 61.9 Å². The standard InChI is InChI=1S/C23H29N3O3/c1-18-4-2-3-5-19(18)16-23(27)24-21-7-6-20(25-8-12-28-13-9-25)17-22(21)26-10-14-29-15-11-26/h2-7,17H,8-16H2,1H3,(H,24,27). The Bertz CT molecular complexity index is 843. The maximum Gasteiger partial charge on any atom is 0.228 e. The van der Waals surface area contributed by atoms with Crippen LogP contribution in [0.5, 0.6) is 0 Å². The minimum atomic E-state index is 0.00734. The SMILES string of the molecule is Cc1ccccc1CC(=O)Nc1ccc(N2CCOCC2)cc1N1CCOCC1. The number of morpholine rings is 2. The summed E-state index contributed by atoms with van der Waals surface area (Å²) < 4.78 is 11.0. The monoisotopic (exact) mass is 395 g/mol. The zero-order valence-corrected chi connectivity index (χ0v) is 17.0. The van der Waals surface area contributed by atoms with Gasteiger partial charge in [0.15, 0.2) is 0 Å². The minimum absolute atomic E-state index is 0.00734. The van der Waals surface area contributed by atoms with E-state index in [9.17, 15) is 4.79 Å². The lowest BCUT2D eigenvalue weighted by molar-refractivity contribution is -0.115. The van der Waals surface area contributed by atoms with E-state index in [4.69, 9.17) is 9.47 Å². The normalized spacial score (nSPS) is 17.3. The molecule has 0 atom stereocenters.